The number of aliphatic carboxylic acids is 2. The van der Waals surface area contributed by atoms with Crippen LogP contribution in [-0.4, -0.2) is 68.1 Å². The molecule has 2 amide bonds. The fraction of sp³-hybridized carbons (Fsp3) is 0.515. The molecule has 236 valence electrons. The summed E-state index contributed by atoms with van der Waals surface area (Å²) in [5, 5.41) is 29.2. The van der Waals surface area contributed by atoms with Crippen molar-refractivity contribution in [3.8, 4) is 0 Å². The summed E-state index contributed by atoms with van der Waals surface area (Å²) in [6.07, 6.45) is 2.91. The largest absolute Gasteiger partial charge is 0.481 e. The SMILES string of the molecule is C=C1C(CCC(=O)O)=C(Cc2[nH]c(C[C@H]3NC(=O)C(CC)=C3C)c(C)c2CCC(=O)O)NC1C[C@@H]1NC(=O)C(C)=C1[C@@H]1C[SH+]1. The number of aromatic nitrogens is 1. The lowest BCUT2D eigenvalue weighted by Gasteiger charge is -2.21. The Morgan fingerprint density at radius 2 is 1.57 bits per heavy atom. The minimum atomic E-state index is -0.890. The topological polar surface area (TPSA) is 161 Å². The van der Waals surface area contributed by atoms with E-state index in [-0.39, 0.29) is 42.8 Å². The fourth-order valence-electron chi connectivity index (χ4n) is 7.03. The van der Waals surface area contributed by atoms with Crippen LogP contribution in [0.2, 0.25) is 0 Å². The normalized spacial score (nSPS) is 24.8. The van der Waals surface area contributed by atoms with Gasteiger partial charge in [-0.1, -0.05) is 13.5 Å². The number of nitrogens with one attached hydrogen (secondary N) is 4. The van der Waals surface area contributed by atoms with E-state index in [2.05, 4.69) is 27.5 Å². The molecule has 6 N–H and O–H groups in total. The monoisotopic (exact) mass is 623 g/mol. The third-order valence-corrected chi connectivity index (χ3v) is 10.6. The van der Waals surface area contributed by atoms with Crippen LogP contribution in [0.1, 0.15) is 75.4 Å². The Bertz CT molecular complexity index is 1530. The van der Waals surface area contributed by atoms with Crippen molar-refractivity contribution in [3.05, 3.63) is 68.2 Å². The van der Waals surface area contributed by atoms with Crippen LogP contribution in [-0.2, 0) is 50.2 Å². The van der Waals surface area contributed by atoms with Crippen LogP contribution in [0.5, 0.6) is 0 Å². The second-order valence-corrected chi connectivity index (χ2v) is 13.7. The molecule has 0 aliphatic carbocycles. The van der Waals surface area contributed by atoms with Gasteiger partial charge < -0.3 is 31.1 Å². The average molecular weight is 624 g/mol. The summed E-state index contributed by atoms with van der Waals surface area (Å²) in [6.45, 7) is 12.2. The molecule has 0 aromatic carbocycles. The summed E-state index contributed by atoms with van der Waals surface area (Å²) < 4.78 is 0. The van der Waals surface area contributed by atoms with Crippen LogP contribution in [0.25, 0.3) is 0 Å². The number of hydrogen-bond donors (Lipinski definition) is 6. The Morgan fingerprint density at radius 3 is 2.18 bits per heavy atom. The lowest BCUT2D eigenvalue weighted by Crippen LogP contribution is -2.37. The Morgan fingerprint density at radius 1 is 0.909 bits per heavy atom. The molecule has 0 bridgehead atoms. The summed E-state index contributed by atoms with van der Waals surface area (Å²) >= 11 is 1.34. The zero-order valence-electron chi connectivity index (χ0n) is 25.9. The van der Waals surface area contributed by atoms with E-state index >= 15 is 0 Å². The highest BCUT2D eigenvalue weighted by atomic mass is 32.2. The number of carbonyl (C=O) groups is 4. The third-order valence-electron chi connectivity index (χ3n) is 9.61. The first-order valence-corrected chi connectivity index (χ1v) is 16.5. The van der Waals surface area contributed by atoms with E-state index in [1.807, 2.05) is 27.7 Å². The van der Waals surface area contributed by atoms with Crippen LogP contribution >= 0.6 is 0 Å². The number of carbonyl (C=O) groups excluding carboxylic acids is 2. The lowest BCUT2D eigenvalue weighted by atomic mass is 9.91. The number of hydrogen-bond acceptors (Lipinski definition) is 5. The van der Waals surface area contributed by atoms with Gasteiger partial charge in [-0.25, -0.2) is 0 Å². The van der Waals surface area contributed by atoms with E-state index in [1.54, 1.807) is 0 Å². The molecule has 5 heterocycles. The first-order chi connectivity index (χ1) is 20.9. The van der Waals surface area contributed by atoms with Gasteiger partial charge in [0.2, 0.25) is 11.8 Å². The number of carboxylic acids is 2. The van der Waals surface area contributed by atoms with E-state index in [1.165, 1.54) is 17.3 Å². The highest BCUT2D eigenvalue weighted by Gasteiger charge is 2.47. The molecule has 4 aliphatic rings. The number of H-pyrrole nitrogens is 1. The predicted octanol–water partition coefficient (Wildman–Crippen LogP) is 2.70. The third kappa shape index (κ3) is 6.38. The molecule has 1 aromatic rings. The fourth-order valence-corrected chi connectivity index (χ4v) is 7.91. The summed E-state index contributed by atoms with van der Waals surface area (Å²) in [4.78, 5) is 51.7. The number of carboxylic acid groups (broad SMARTS) is 2. The predicted molar refractivity (Wildman–Crippen MR) is 170 cm³/mol. The minimum Gasteiger partial charge on any atom is -0.481 e. The molecule has 44 heavy (non-hydrogen) atoms. The minimum absolute atomic E-state index is 0.0196. The molecular formula is C33H43N4O6S+. The Balaban J connectivity index is 1.42. The van der Waals surface area contributed by atoms with Gasteiger partial charge in [-0.05, 0) is 86.1 Å². The van der Waals surface area contributed by atoms with Gasteiger partial charge >= 0.3 is 11.9 Å². The van der Waals surface area contributed by atoms with Gasteiger partial charge in [0.05, 0.1) is 18.1 Å². The van der Waals surface area contributed by atoms with Gasteiger partial charge in [0.25, 0.3) is 0 Å². The molecule has 11 heteroatoms. The van der Waals surface area contributed by atoms with Crippen molar-refractivity contribution in [2.75, 3.05) is 5.75 Å². The molecule has 1 aromatic heterocycles. The van der Waals surface area contributed by atoms with E-state index in [4.69, 9.17) is 0 Å². The van der Waals surface area contributed by atoms with Crippen molar-refractivity contribution in [2.45, 2.75) is 102 Å². The van der Waals surface area contributed by atoms with Crippen molar-refractivity contribution in [1.82, 2.24) is 20.9 Å². The van der Waals surface area contributed by atoms with Crippen LogP contribution in [0.15, 0.2) is 45.7 Å². The Hall–Kier alpha value is -3.73. The number of allylic oxidation sites excluding steroid dienone is 1. The Labute approximate surface area is 261 Å². The van der Waals surface area contributed by atoms with E-state index in [0.717, 1.165) is 61.8 Å². The van der Waals surface area contributed by atoms with Crippen molar-refractivity contribution in [2.24, 2.45) is 0 Å². The first-order valence-electron chi connectivity index (χ1n) is 15.4. The maximum absolute atomic E-state index is 12.5. The van der Waals surface area contributed by atoms with Gasteiger partial charge in [-0.3, -0.25) is 19.2 Å². The summed E-state index contributed by atoms with van der Waals surface area (Å²) in [6, 6.07) is -0.386. The van der Waals surface area contributed by atoms with Gasteiger partial charge in [0, 0.05) is 59.5 Å². The van der Waals surface area contributed by atoms with Gasteiger partial charge in [0.15, 0.2) is 11.0 Å². The van der Waals surface area contributed by atoms with Crippen LogP contribution in [0.4, 0.5) is 0 Å². The standard InChI is InChI=1S/C33H42N4O6S/c1-6-19-15(2)24(36-33(19)43)11-22-16(3)20(7-9-29(38)39)25(34-22)13-26-21(8-10-30(40)41)17(4)23(35-26)12-27-31(28-14-44-28)18(5)32(42)37-27/h23-24,27-28,34-35H,4,6-14H2,1-3,5H3,(H,36,43)(H,37,42)(H,38,39)(H,40,41)/p+1/t23?,24-,27+,28+/m1/s1. The second-order valence-electron chi connectivity index (χ2n) is 12.3. The van der Waals surface area contributed by atoms with Crippen molar-refractivity contribution >= 4 is 35.5 Å². The van der Waals surface area contributed by atoms with E-state index in [0.29, 0.717) is 43.8 Å². The number of rotatable bonds is 14. The number of amides is 2. The quantitative estimate of drug-likeness (QED) is 0.106. The number of aromatic amines is 1. The second kappa shape index (κ2) is 12.7. The van der Waals surface area contributed by atoms with Crippen molar-refractivity contribution in [3.63, 3.8) is 0 Å². The van der Waals surface area contributed by atoms with Gasteiger partial charge in [0.1, 0.15) is 0 Å². The molecule has 1 fully saturated rings. The van der Waals surface area contributed by atoms with Gasteiger partial charge in [-0.2, -0.15) is 0 Å². The Kier molecular flexibility index (Phi) is 9.15. The molecule has 10 nitrogen and oxygen atoms in total. The molecule has 0 spiro atoms. The summed E-state index contributed by atoms with van der Waals surface area (Å²) in [5.41, 5.74) is 10.2. The summed E-state index contributed by atoms with van der Waals surface area (Å²) in [5.74, 6) is -0.765. The smallest absolute Gasteiger partial charge is 0.303 e. The molecule has 1 unspecified atom stereocenters. The van der Waals surface area contributed by atoms with Crippen molar-refractivity contribution < 1.29 is 29.4 Å². The maximum Gasteiger partial charge on any atom is 0.303 e. The molecule has 5 rings (SSSR count). The zero-order chi connectivity index (χ0) is 31.9. The van der Waals surface area contributed by atoms with Crippen LogP contribution < -0.4 is 16.0 Å². The molecule has 4 aliphatic heterocycles. The molecule has 0 saturated carbocycles. The average Bonchev–Trinajstić information content (AvgIpc) is 3.53. The zero-order valence-corrected chi connectivity index (χ0v) is 26.7. The molecular weight excluding hydrogens is 580 g/mol. The number of thiol groups is 1. The highest BCUT2D eigenvalue weighted by Crippen LogP contribution is 2.37. The maximum atomic E-state index is 12.5. The van der Waals surface area contributed by atoms with Crippen molar-refractivity contribution in [1.29, 1.82) is 0 Å². The van der Waals surface area contributed by atoms with Crippen LogP contribution in [0.3, 0.4) is 0 Å². The molecule has 0 radical (unpaired) electrons. The van der Waals surface area contributed by atoms with E-state index in [9.17, 15) is 29.4 Å². The first kappa shape index (κ1) is 31.7. The summed E-state index contributed by atoms with van der Waals surface area (Å²) in [7, 11) is 0. The van der Waals surface area contributed by atoms with E-state index < -0.39 is 11.9 Å². The molecule has 1 saturated heterocycles. The molecule has 4 atom stereocenters. The van der Waals surface area contributed by atoms with Crippen LogP contribution in [0, 0.1) is 6.92 Å². The lowest BCUT2D eigenvalue weighted by molar-refractivity contribution is -0.138. The highest BCUT2D eigenvalue weighted by molar-refractivity contribution is 7.87. The van der Waals surface area contributed by atoms with Gasteiger partial charge in [-0.15, -0.1) is 0 Å².